The first kappa shape index (κ1) is 72.7. The molecule has 1 aliphatic rings. The molecule has 5 amide bonds. The Morgan fingerprint density at radius 1 is 0.598 bits per heavy atom. The first-order chi connectivity index (χ1) is 39.5. The van der Waals surface area contributed by atoms with Crippen molar-refractivity contribution in [2.24, 2.45) is 5.73 Å². The molecule has 0 saturated carbocycles. The largest absolute Gasteiger partial charge is 0.508 e. The first-order valence-corrected chi connectivity index (χ1v) is 30.0. The number of amides is 5. The van der Waals surface area contributed by atoms with Crippen LogP contribution in [0, 0.1) is 0 Å². The molecule has 82 heavy (non-hydrogen) atoms. The lowest BCUT2D eigenvalue weighted by molar-refractivity contribution is -0.137. The van der Waals surface area contributed by atoms with Gasteiger partial charge in [-0.2, -0.15) is 0 Å². The zero-order valence-electron chi connectivity index (χ0n) is 49.1. The molecule has 23 heteroatoms. The van der Waals surface area contributed by atoms with Gasteiger partial charge in [-0.25, -0.2) is 0 Å². The van der Waals surface area contributed by atoms with Crippen molar-refractivity contribution in [3.8, 4) is 5.75 Å². The molecule has 5 atom stereocenters. The smallest absolute Gasteiger partial charge is 0.303 e. The predicted octanol–water partition coefficient (Wildman–Crippen LogP) is 3.38. The van der Waals surface area contributed by atoms with Gasteiger partial charge in [0.2, 0.25) is 29.5 Å². The van der Waals surface area contributed by atoms with Crippen LogP contribution in [0.1, 0.15) is 167 Å². The number of nitrogens with two attached hydrogens (primary N) is 1. The molecular weight excluding hydrogens is 1060 g/mol. The number of primary amides is 1. The lowest BCUT2D eigenvalue weighted by Gasteiger charge is -2.25. The van der Waals surface area contributed by atoms with Crippen LogP contribution < -0.4 is 43.0 Å². The highest BCUT2D eigenvalue weighted by atomic mass is 16.5. The van der Waals surface area contributed by atoms with Crippen LogP contribution in [0.2, 0.25) is 0 Å². The van der Waals surface area contributed by atoms with Crippen molar-refractivity contribution in [1.29, 1.82) is 0 Å². The fourth-order valence-electron chi connectivity index (χ4n) is 9.23. The third-order valence-corrected chi connectivity index (χ3v) is 14.0. The van der Waals surface area contributed by atoms with Crippen molar-refractivity contribution in [3.05, 3.63) is 29.8 Å². The molecule has 1 aromatic rings. The summed E-state index contributed by atoms with van der Waals surface area (Å²) in [6, 6.07) is 3.25. The summed E-state index contributed by atoms with van der Waals surface area (Å²) in [4.78, 5) is 111. The number of aromatic hydroxyl groups is 1. The Bertz CT molecular complexity index is 1990. The summed E-state index contributed by atoms with van der Waals surface area (Å²) in [5, 5.41) is 38.6. The number of benzene rings is 1. The number of aliphatic carboxylic acids is 1. The SMILES string of the molecule is CC(=O)C(CCC(=O)NCCOCCOCC(=O)NCCOCCOCC(=O)NCCCCC(NC(C)C(=O)[C@@H]1CCCN1)C(=O)CN[C@@H](Cc1ccc(O)cc1)C(N)=O)NC(=O)CCCCCCCCCCCCCCCCC(=O)O. The Labute approximate surface area is 485 Å². The predicted molar refractivity (Wildman–Crippen MR) is 310 cm³/mol. The molecule has 0 aliphatic carbocycles. The third-order valence-electron chi connectivity index (χ3n) is 14.0. The van der Waals surface area contributed by atoms with Crippen LogP contribution in [0.3, 0.4) is 0 Å². The number of Topliss-reactive ketones (excluding diaryl/α,β-unsaturated/α-hetero) is 3. The standard InChI is InChI=1S/C59H100N8O15/c1-44(58(77)50-21-19-31-61-50)66-49(52(70)41-65-51(59(60)78)40-46-24-26-47(69)27-25-46)20-17-18-30-62-55(73)42-81-38-37-80-35-33-64-56(74)43-82-39-36-79-34-32-63-53(71)29-28-48(45(2)68)67-54(72)22-15-13-11-9-7-5-3-4-6-8-10-12-14-16-23-57(75)76/h24-27,44,48-51,61,65-66,69H,3-23,28-43H2,1-2H3,(H2,60,78)(H,62,73)(H,63,71)(H,64,74)(H,67,72)(H,75,76)/t44?,48?,49?,50-,51-/m0/s1. The number of carboxylic acids is 1. The number of ketones is 3. The number of nitrogens with one attached hydrogen (secondary N) is 7. The maximum absolute atomic E-state index is 13.5. The van der Waals surface area contributed by atoms with Gasteiger partial charge in [-0.3, -0.25) is 53.8 Å². The third kappa shape index (κ3) is 38.4. The summed E-state index contributed by atoms with van der Waals surface area (Å²) < 4.78 is 21.7. The molecule has 3 unspecified atom stereocenters. The second-order valence-electron chi connectivity index (χ2n) is 21.2. The molecule has 1 aliphatic heterocycles. The van der Waals surface area contributed by atoms with Crippen molar-refractivity contribution in [2.45, 2.75) is 198 Å². The molecule has 11 N–H and O–H groups in total. The Balaban J connectivity index is 1.44. The van der Waals surface area contributed by atoms with Gasteiger partial charge in [-0.1, -0.05) is 89.2 Å². The summed E-state index contributed by atoms with van der Waals surface area (Å²) in [7, 11) is 0. The van der Waals surface area contributed by atoms with E-state index < -0.39 is 36.0 Å². The van der Waals surface area contributed by atoms with E-state index in [2.05, 4.69) is 37.2 Å². The normalized spacial score (nSPS) is 14.5. The molecule has 0 spiro atoms. The number of hydrogen-bond acceptors (Lipinski definition) is 17. The topological polar surface area (TPSA) is 341 Å². The van der Waals surface area contributed by atoms with Crippen molar-refractivity contribution in [3.63, 3.8) is 0 Å². The maximum atomic E-state index is 13.5. The van der Waals surface area contributed by atoms with Gasteiger partial charge in [0.1, 0.15) is 19.0 Å². The Morgan fingerprint density at radius 3 is 1.65 bits per heavy atom. The Morgan fingerprint density at radius 2 is 1.12 bits per heavy atom. The fraction of sp³-hybridized carbons (Fsp3) is 0.746. The van der Waals surface area contributed by atoms with Gasteiger partial charge in [-0.15, -0.1) is 0 Å². The van der Waals surface area contributed by atoms with Crippen LogP contribution in [0.15, 0.2) is 24.3 Å². The molecule has 0 bridgehead atoms. The number of carbonyl (C=O) groups excluding carboxylic acids is 8. The number of phenolic OH excluding ortho intramolecular Hbond substituents is 1. The molecule has 0 aromatic heterocycles. The Kier molecular flexibility index (Phi) is 41.6. The molecular formula is C59H100N8O15. The lowest BCUT2D eigenvalue weighted by Crippen LogP contribution is -2.53. The second kappa shape index (κ2) is 47.0. The average Bonchev–Trinajstić information content (AvgIpc) is 4.01. The van der Waals surface area contributed by atoms with E-state index in [9.17, 15) is 48.3 Å². The zero-order valence-corrected chi connectivity index (χ0v) is 49.1. The van der Waals surface area contributed by atoms with Gasteiger partial charge in [0.05, 0.1) is 76.4 Å². The number of carboxylic acid groups (broad SMARTS) is 1. The summed E-state index contributed by atoms with van der Waals surface area (Å²) >= 11 is 0. The van der Waals surface area contributed by atoms with Crippen LogP contribution in [0.25, 0.3) is 0 Å². The average molecular weight is 1160 g/mol. The number of rotatable bonds is 54. The highest BCUT2D eigenvalue weighted by molar-refractivity contribution is 5.91. The lowest BCUT2D eigenvalue weighted by atomic mass is 9.99. The van der Waals surface area contributed by atoms with Gasteiger partial charge >= 0.3 is 5.97 Å². The van der Waals surface area contributed by atoms with E-state index >= 15 is 0 Å². The van der Waals surface area contributed by atoms with Gasteiger partial charge in [-0.05, 0) is 95.9 Å². The van der Waals surface area contributed by atoms with E-state index in [-0.39, 0.29) is 151 Å². The molecule has 0 radical (unpaired) electrons. The van der Waals surface area contributed by atoms with Crippen LogP contribution in [-0.4, -0.2) is 179 Å². The minimum absolute atomic E-state index is 0.0189. The number of carbonyl (C=O) groups is 9. The van der Waals surface area contributed by atoms with Gasteiger partial charge in [0.15, 0.2) is 17.3 Å². The summed E-state index contributed by atoms with van der Waals surface area (Å²) in [5.41, 5.74) is 6.38. The van der Waals surface area contributed by atoms with Gasteiger partial charge < -0.3 is 61.5 Å². The molecule has 1 heterocycles. The van der Waals surface area contributed by atoms with E-state index in [0.717, 1.165) is 69.9 Å². The number of hydrogen-bond donors (Lipinski definition) is 10. The van der Waals surface area contributed by atoms with Crippen LogP contribution >= 0.6 is 0 Å². The second-order valence-corrected chi connectivity index (χ2v) is 21.2. The van der Waals surface area contributed by atoms with Crippen molar-refractivity contribution in [1.82, 2.24) is 37.2 Å². The van der Waals surface area contributed by atoms with Crippen molar-refractivity contribution in [2.75, 3.05) is 85.6 Å². The highest BCUT2D eigenvalue weighted by Crippen LogP contribution is 2.16. The Hall–Kier alpha value is -5.43. The molecule has 23 nitrogen and oxygen atoms in total. The van der Waals surface area contributed by atoms with E-state index in [1.165, 1.54) is 64.0 Å². The molecule has 466 valence electrons. The minimum atomic E-state index is -0.831. The first-order valence-electron chi connectivity index (χ1n) is 30.0. The van der Waals surface area contributed by atoms with Crippen LogP contribution in [0.4, 0.5) is 0 Å². The van der Waals surface area contributed by atoms with Gasteiger partial charge in [0, 0.05) is 38.9 Å². The summed E-state index contributed by atoms with van der Waals surface area (Å²) in [6.45, 7) is 5.39. The van der Waals surface area contributed by atoms with Crippen LogP contribution in [0.5, 0.6) is 5.75 Å². The van der Waals surface area contributed by atoms with Crippen LogP contribution in [-0.2, 0) is 68.5 Å². The monoisotopic (exact) mass is 1160 g/mol. The van der Waals surface area contributed by atoms with Crippen molar-refractivity contribution < 1.29 is 72.3 Å². The van der Waals surface area contributed by atoms with E-state index in [4.69, 9.17) is 29.8 Å². The number of ether oxygens (including phenoxy) is 4. The maximum Gasteiger partial charge on any atom is 0.303 e. The minimum Gasteiger partial charge on any atom is -0.508 e. The molecule has 1 aromatic carbocycles. The molecule has 1 saturated heterocycles. The van der Waals surface area contributed by atoms with E-state index in [1.54, 1.807) is 19.1 Å². The van der Waals surface area contributed by atoms with Crippen molar-refractivity contribution >= 4 is 52.9 Å². The fourth-order valence-corrected chi connectivity index (χ4v) is 9.23. The van der Waals surface area contributed by atoms with Gasteiger partial charge in [0.25, 0.3) is 0 Å². The summed E-state index contributed by atoms with van der Waals surface area (Å²) in [5.74, 6) is -2.80. The molecule has 2 rings (SSSR count). The highest BCUT2D eigenvalue weighted by Gasteiger charge is 2.30. The zero-order chi connectivity index (χ0) is 60.0. The van der Waals surface area contributed by atoms with E-state index in [1.807, 2.05) is 0 Å². The molecule has 1 fully saturated rings. The number of phenols is 1. The van der Waals surface area contributed by atoms with E-state index in [0.29, 0.717) is 32.2 Å². The number of unbranched alkanes of at least 4 members (excludes halogenated alkanes) is 14. The summed E-state index contributed by atoms with van der Waals surface area (Å²) in [6.07, 6.45) is 19.6. The quantitative estimate of drug-likeness (QED) is 0.0418.